The summed E-state index contributed by atoms with van der Waals surface area (Å²) in [6.45, 7) is 7.70. The van der Waals surface area contributed by atoms with Gasteiger partial charge in [0, 0.05) is 0 Å². The maximum Gasteiger partial charge on any atom is 0.0672 e. The lowest BCUT2D eigenvalue weighted by atomic mass is 9.86. The summed E-state index contributed by atoms with van der Waals surface area (Å²) in [4.78, 5) is 0. The first-order chi connectivity index (χ1) is 5.22. The van der Waals surface area contributed by atoms with Gasteiger partial charge in [0.15, 0.2) is 0 Å². The summed E-state index contributed by atoms with van der Waals surface area (Å²) in [5.74, 6) is 1.70. The average Bonchev–Trinajstić information content (AvgIpc) is 2.28. The zero-order valence-corrected chi connectivity index (χ0v) is 7.39. The van der Waals surface area contributed by atoms with Crippen molar-refractivity contribution < 1.29 is 4.74 Å². The van der Waals surface area contributed by atoms with Gasteiger partial charge < -0.3 is 10.1 Å². The van der Waals surface area contributed by atoms with Crippen LogP contribution in [0.3, 0.4) is 0 Å². The highest BCUT2D eigenvalue weighted by Gasteiger charge is 2.45. The van der Waals surface area contributed by atoms with E-state index in [9.17, 15) is 0 Å². The minimum Gasteiger partial charge on any atom is -0.377 e. The van der Waals surface area contributed by atoms with Crippen molar-refractivity contribution in [3.8, 4) is 0 Å². The van der Waals surface area contributed by atoms with E-state index in [1.807, 2.05) is 0 Å². The minimum absolute atomic E-state index is 0.398. The summed E-state index contributed by atoms with van der Waals surface area (Å²) in [6, 6.07) is 0. The predicted octanol–water partition coefficient (Wildman–Crippen LogP) is 1.02. The Bertz CT molecular complexity index is 152. The van der Waals surface area contributed by atoms with Gasteiger partial charge in [-0.2, -0.15) is 0 Å². The molecule has 0 bridgehead atoms. The Morgan fingerprint density at radius 3 is 2.45 bits per heavy atom. The smallest absolute Gasteiger partial charge is 0.0672 e. The highest BCUT2D eigenvalue weighted by atomic mass is 16.5. The fourth-order valence-electron chi connectivity index (χ4n) is 2.03. The second-order valence-electron chi connectivity index (χ2n) is 4.36. The number of nitrogens with one attached hydrogen (secondary N) is 1. The monoisotopic (exact) mass is 155 g/mol. The molecule has 1 N–H and O–H groups in total. The van der Waals surface area contributed by atoms with Crippen molar-refractivity contribution in [2.24, 2.45) is 11.8 Å². The Labute approximate surface area is 68.3 Å². The van der Waals surface area contributed by atoms with Crippen molar-refractivity contribution in [3.63, 3.8) is 0 Å². The molecule has 1 spiro atoms. The molecule has 1 atom stereocenters. The van der Waals surface area contributed by atoms with E-state index in [1.54, 1.807) is 0 Å². The van der Waals surface area contributed by atoms with Gasteiger partial charge in [0.05, 0.1) is 18.8 Å². The van der Waals surface area contributed by atoms with Crippen molar-refractivity contribution in [1.82, 2.24) is 5.32 Å². The van der Waals surface area contributed by atoms with E-state index >= 15 is 0 Å². The second kappa shape index (κ2) is 2.46. The molecule has 2 saturated heterocycles. The third-order valence-corrected chi connectivity index (χ3v) is 3.09. The number of rotatable bonds is 1. The van der Waals surface area contributed by atoms with Gasteiger partial charge in [-0.25, -0.2) is 0 Å². The molecule has 2 aliphatic rings. The molecule has 2 nitrogen and oxygen atoms in total. The molecule has 0 radical (unpaired) electrons. The van der Waals surface area contributed by atoms with Crippen LogP contribution in [0.2, 0.25) is 0 Å². The van der Waals surface area contributed by atoms with Crippen molar-refractivity contribution in [2.45, 2.75) is 25.8 Å². The molecule has 0 aromatic heterocycles. The van der Waals surface area contributed by atoms with Gasteiger partial charge in [-0.1, -0.05) is 13.8 Å². The van der Waals surface area contributed by atoms with E-state index in [-0.39, 0.29) is 0 Å². The van der Waals surface area contributed by atoms with Gasteiger partial charge in [-0.05, 0) is 24.8 Å². The molecular weight excluding hydrogens is 138 g/mol. The summed E-state index contributed by atoms with van der Waals surface area (Å²) in [6.07, 6.45) is 1.32. The third kappa shape index (κ3) is 1.18. The summed E-state index contributed by atoms with van der Waals surface area (Å²) < 4.78 is 5.23. The van der Waals surface area contributed by atoms with Crippen LogP contribution >= 0.6 is 0 Å². The number of ether oxygens (including phenoxy) is 1. The van der Waals surface area contributed by atoms with Gasteiger partial charge in [-0.3, -0.25) is 0 Å². The Hall–Kier alpha value is -0.0800. The molecule has 0 aliphatic carbocycles. The van der Waals surface area contributed by atoms with E-state index in [4.69, 9.17) is 4.74 Å². The van der Waals surface area contributed by atoms with Crippen LogP contribution in [-0.2, 0) is 4.74 Å². The quantitative estimate of drug-likeness (QED) is 0.610. The Kier molecular flexibility index (Phi) is 1.69. The fourth-order valence-corrected chi connectivity index (χ4v) is 2.03. The minimum atomic E-state index is 0.398. The van der Waals surface area contributed by atoms with Crippen LogP contribution in [0.15, 0.2) is 0 Å². The van der Waals surface area contributed by atoms with E-state index in [1.165, 1.54) is 13.0 Å². The first kappa shape index (κ1) is 7.56. The molecule has 2 heterocycles. The maximum absolute atomic E-state index is 5.23. The summed E-state index contributed by atoms with van der Waals surface area (Å²) >= 11 is 0. The van der Waals surface area contributed by atoms with Crippen molar-refractivity contribution in [3.05, 3.63) is 0 Å². The van der Waals surface area contributed by atoms with Crippen molar-refractivity contribution >= 4 is 0 Å². The normalized spacial score (nSPS) is 34.6. The van der Waals surface area contributed by atoms with E-state index < -0.39 is 0 Å². The van der Waals surface area contributed by atoms with Gasteiger partial charge in [0.25, 0.3) is 0 Å². The number of hydrogen-bond acceptors (Lipinski definition) is 2. The third-order valence-electron chi connectivity index (χ3n) is 3.09. The summed E-state index contributed by atoms with van der Waals surface area (Å²) in [5, 5.41) is 3.58. The summed E-state index contributed by atoms with van der Waals surface area (Å²) in [5.41, 5.74) is 0.398. The lowest BCUT2D eigenvalue weighted by Crippen LogP contribution is -2.56. The zero-order valence-electron chi connectivity index (χ0n) is 7.39. The predicted molar refractivity (Wildman–Crippen MR) is 44.5 cm³/mol. The first-order valence-electron chi connectivity index (χ1n) is 4.55. The average molecular weight is 155 g/mol. The van der Waals surface area contributed by atoms with Gasteiger partial charge in [0.1, 0.15) is 0 Å². The van der Waals surface area contributed by atoms with Crippen LogP contribution in [0, 0.1) is 11.8 Å². The fraction of sp³-hybridized carbons (Fsp3) is 1.00. The molecule has 64 valence electrons. The molecule has 2 rings (SSSR count). The second-order valence-corrected chi connectivity index (χ2v) is 4.36. The molecule has 2 aliphatic heterocycles. The standard InChI is InChI=1S/C9H17NO/c1-7(2)8-3-9(10-4-8)5-11-6-9/h7-8,10H,3-6H2,1-2H3. The Balaban J connectivity index is 1.93. The first-order valence-corrected chi connectivity index (χ1v) is 4.55. The highest BCUT2D eigenvalue weighted by Crippen LogP contribution is 2.33. The zero-order chi connectivity index (χ0) is 7.90. The number of hydrogen-bond donors (Lipinski definition) is 1. The van der Waals surface area contributed by atoms with Gasteiger partial charge >= 0.3 is 0 Å². The van der Waals surface area contributed by atoms with Gasteiger partial charge in [-0.15, -0.1) is 0 Å². The Morgan fingerprint density at radius 2 is 2.18 bits per heavy atom. The summed E-state index contributed by atoms with van der Waals surface area (Å²) in [7, 11) is 0. The molecule has 11 heavy (non-hydrogen) atoms. The van der Waals surface area contributed by atoms with Crippen LogP contribution in [0.25, 0.3) is 0 Å². The maximum atomic E-state index is 5.23. The van der Waals surface area contributed by atoms with Crippen LogP contribution < -0.4 is 5.32 Å². The largest absolute Gasteiger partial charge is 0.377 e. The van der Waals surface area contributed by atoms with Crippen LogP contribution in [0.1, 0.15) is 20.3 Å². The van der Waals surface area contributed by atoms with Crippen molar-refractivity contribution in [2.75, 3.05) is 19.8 Å². The topological polar surface area (TPSA) is 21.3 Å². The SMILES string of the molecule is CC(C)C1CNC2(COC2)C1. The highest BCUT2D eigenvalue weighted by molar-refractivity contribution is 5.01. The van der Waals surface area contributed by atoms with Gasteiger partial charge in [0.2, 0.25) is 0 Å². The van der Waals surface area contributed by atoms with E-state index in [2.05, 4.69) is 19.2 Å². The Morgan fingerprint density at radius 1 is 1.45 bits per heavy atom. The van der Waals surface area contributed by atoms with E-state index in [0.717, 1.165) is 25.0 Å². The molecule has 2 fully saturated rings. The van der Waals surface area contributed by atoms with E-state index in [0.29, 0.717) is 5.54 Å². The molecule has 2 heteroatoms. The lowest BCUT2D eigenvalue weighted by Gasteiger charge is -2.38. The molecule has 1 unspecified atom stereocenters. The van der Waals surface area contributed by atoms with Crippen molar-refractivity contribution in [1.29, 1.82) is 0 Å². The molecule has 0 saturated carbocycles. The lowest BCUT2D eigenvalue weighted by molar-refractivity contribution is -0.0665. The molecular formula is C9H17NO. The molecule has 0 aromatic rings. The molecule has 0 aromatic carbocycles. The van der Waals surface area contributed by atoms with Crippen LogP contribution in [0.4, 0.5) is 0 Å². The molecule has 0 amide bonds. The van der Waals surface area contributed by atoms with Crippen LogP contribution in [0.5, 0.6) is 0 Å². The van der Waals surface area contributed by atoms with Crippen LogP contribution in [-0.4, -0.2) is 25.3 Å².